The van der Waals surface area contributed by atoms with Crippen molar-refractivity contribution >= 4 is 55.8 Å². The zero-order valence-corrected chi connectivity index (χ0v) is 21.1. The highest BCUT2D eigenvalue weighted by Gasteiger charge is 2.21. The van der Waals surface area contributed by atoms with E-state index < -0.39 is 15.4 Å². The molecule has 3 aromatic carbocycles. The number of hydrogen-bond acceptors (Lipinski definition) is 5. The minimum Gasteiger partial charge on any atom is -0.293 e. The van der Waals surface area contributed by atoms with Gasteiger partial charge in [-0.15, -0.1) is 0 Å². The summed E-state index contributed by atoms with van der Waals surface area (Å²) >= 11 is 18.6. The van der Waals surface area contributed by atoms with Crippen molar-refractivity contribution < 1.29 is 8.42 Å². The van der Waals surface area contributed by atoms with Crippen LogP contribution in [-0.2, 0) is 9.84 Å². The first-order valence-corrected chi connectivity index (χ1v) is 13.2. The molecule has 0 radical (unpaired) electrons. The van der Waals surface area contributed by atoms with Crippen molar-refractivity contribution in [1.29, 1.82) is 0 Å². The average molecular weight is 546 g/mol. The van der Waals surface area contributed by atoms with Gasteiger partial charge in [-0.1, -0.05) is 34.8 Å². The van der Waals surface area contributed by atoms with Crippen LogP contribution in [0, 0.1) is 0 Å². The largest absolute Gasteiger partial charge is 0.293 e. The first-order valence-electron chi connectivity index (χ1n) is 10.2. The van der Waals surface area contributed by atoms with E-state index in [4.69, 9.17) is 34.8 Å². The van der Waals surface area contributed by atoms with Gasteiger partial charge in [0.25, 0.3) is 5.56 Å². The molecule has 0 aliphatic heterocycles. The van der Waals surface area contributed by atoms with Crippen LogP contribution in [-0.4, -0.2) is 33.8 Å². The van der Waals surface area contributed by atoms with Crippen molar-refractivity contribution in [2.75, 3.05) is 6.26 Å². The third-order valence-corrected chi connectivity index (χ3v) is 7.31. The molecule has 0 amide bonds. The number of fused-ring (bicyclic) bond motifs is 1. The highest BCUT2D eigenvalue weighted by molar-refractivity contribution is 7.90. The van der Waals surface area contributed by atoms with Crippen LogP contribution in [0.5, 0.6) is 0 Å². The molecule has 176 valence electrons. The van der Waals surface area contributed by atoms with Crippen LogP contribution in [0.15, 0.2) is 82.7 Å². The molecular formula is C24H15Cl3N4O3S. The smallest absolute Gasteiger partial charge is 0.285 e. The quantitative estimate of drug-likeness (QED) is 0.293. The zero-order chi connectivity index (χ0) is 24.9. The van der Waals surface area contributed by atoms with E-state index in [0.717, 1.165) is 6.26 Å². The normalized spacial score (nSPS) is 11.8. The standard InChI is InChI=1S/C24H15Cl3N4O3S/c1-35(33,34)18-9-7-16(8-10-18)30-13-28-22-21(30)24(32)31(17-5-2-14(25)3-6-17)23(29-22)19-11-4-15(26)12-20(19)27/h2-13H,1H3. The Bertz CT molecular complexity index is 1760. The van der Waals surface area contributed by atoms with E-state index in [-0.39, 0.29) is 21.9 Å². The molecule has 0 bridgehead atoms. The Labute approximate surface area is 215 Å². The molecular weight excluding hydrogens is 531 g/mol. The van der Waals surface area contributed by atoms with E-state index in [1.165, 1.54) is 23.0 Å². The van der Waals surface area contributed by atoms with Gasteiger partial charge in [0.1, 0.15) is 6.33 Å². The van der Waals surface area contributed by atoms with Gasteiger partial charge in [0.15, 0.2) is 26.8 Å². The van der Waals surface area contributed by atoms with Crippen LogP contribution in [0.25, 0.3) is 33.9 Å². The lowest BCUT2D eigenvalue weighted by Crippen LogP contribution is -2.23. The first kappa shape index (κ1) is 23.6. The minimum atomic E-state index is -3.36. The zero-order valence-electron chi connectivity index (χ0n) is 18.0. The predicted octanol–water partition coefficient (Wildman–Crippen LogP) is 5.60. The number of rotatable bonds is 4. The summed E-state index contributed by atoms with van der Waals surface area (Å²) in [6, 6.07) is 17.8. The Morgan fingerprint density at radius 3 is 2.09 bits per heavy atom. The lowest BCUT2D eigenvalue weighted by molar-refractivity contribution is 0.602. The average Bonchev–Trinajstić information content (AvgIpc) is 3.24. The van der Waals surface area contributed by atoms with Crippen molar-refractivity contribution in [3.8, 4) is 22.8 Å². The Kier molecular flexibility index (Phi) is 5.93. The molecule has 35 heavy (non-hydrogen) atoms. The first-order chi connectivity index (χ1) is 16.6. The molecule has 2 heterocycles. The van der Waals surface area contributed by atoms with E-state index in [1.54, 1.807) is 59.2 Å². The maximum Gasteiger partial charge on any atom is 0.285 e. The Morgan fingerprint density at radius 2 is 1.46 bits per heavy atom. The Hall–Kier alpha value is -3.17. The molecule has 2 aromatic heterocycles. The number of benzene rings is 3. The van der Waals surface area contributed by atoms with Gasteiger partial charge in [-0.2, -0.15) is 0 Å². The summed E-state index contributed by atoms with van der Waals surface area (Å²) in [5, 5.41) is 1.28. The van der Waals surface area contributed by atoms with Crippen molar-refractivity contribution in [3.05, 3.63) is 98.5 Å². The van der Waals surface area contributed by atoms with E-state index >= 15 is 0 Å². The lowest BCUT2D eigenvalue weighted by atomic mass is 10.2. The van der Waals surface area contributed by atoms with Crippen LogP contribution in [0.2, 0.25) is 15.1 Å². The van der Waals surface area contributed by atoms with Crippen LogP contribution >= 0.6 is 34.8 Å². The molecule has 0 aliphatic carbocycles. The number of nitrogens with zero attached hydrogens (tertiary/aromatic N) is 4. The SMILES string of the molecule is CS(=O)(=O)c1ccc(-n2cnc3nc(-c4ccc(Cl)cc4Cl)n(-c4ccc(Cl)cc4)c(=O)c32)cc1. The molecule has 0 fully saturated rings. The summed E-state index contributed by atoms with van der Waals surface area (Å²) in [6.07, 6.45) is 2.60. The maximum atomic E-state index is 13.9. The molecule has 5 aromatic rings. The number of aromatic nitrogens is 4. The van der Waals surface area contributed by atoms with Crippen molar-refractivity contribution in [2.24, 2.45) is 0 Å². The second-order valence-corrected chi connectivity index (χ2v) is 11.0. The van der Waals surface area contributed by atoms with Gasteiger partial charge in [0.05, 0.1) is 15.6 Å². The van der Waals surface area contributed by atoms with Crippen molar-refractivity contribution in [2.45, 2.75) is 4.90 Å². The molecule has 0 aliphatic rings. The molecule has 0 saturated heterocycles. The molecule has 0 N–H and O–H groups in total. The summed E-state index contributed by atoms with van der Waals surface area (Å²) in [5.74, 6) is 0.282. The fourth-order valence-electron chi connectivity index (χ4n) is 3.70. The fraction of sp³-hybridized carbons (Fsp3) is 0.0417. The summed E-state index contributed by atoms with van der Waals surface area (Å²) in [7, 11) is -3.36. The van der Waals surface area contributed by atoms with Gasteiger partial charge in [-0.05, 0) is 66.7 Å². The third kappa shape index (κ3) is 4.34. The molecule has 7 nitrogen and oxygen atoms in total. The number of halogens is 3. The van der Waals surface area contributed by atoms with Gasteiger partial charge >= 0.3 is 0 Å². The topological polar surface area (TPSA) is 86.8 Å². The van der Waals surface area contributed by atoms with Crippen LogP contribution < -0.4 is 5.56 Å². The molecule has 11 heteroatoms. The number of sulfone groups is 1. The predicted molar refractivity (Wildman–Crippen MR) is 138 cm³/mol. The lowest BCUT2D eigenvalue weighted by Gasteiger charge is -2.14. The van der Waals surface area contributed by atoms with Gasteiger partial charge < -0.3 is 0 Å². The van der Waals surface area contributed by atoms with Crippen molar-refractivity contribution in [3.63, 3.8) is 0 Å². The summed E-state index contributed by atoms with van der Waals surface area (Å²) in [4.78, 5) is 23.1. The highest BCUT2D eigenvalue weighted by atomic mass is 35.5. The molecule has 0 saturated carbocycles. The van der Waals surface area contributed by atoms with Gasteiger partial charge in [0, 0.05) is 27.6 Å². The Balaban J connectivity index is 1.80. The second kappa shape index (κ2) is 8.80. The van der Waals surface area contributed by atoms with Gasteiger partial charge in [-0.25, -0.2) is 18.4 Å². The minimum absolute atomic E-state index is 0.169. The number of hydrogen-bond donors (Lipinski definition) is 0. The monoisotopic (exact) mass is 544 g/mol. The molecule has 0 spiro atoms. The van der Waals surface area contributed by atoms with Crippen LogP contribution in [0.1, 0.15) is 0 Å². The second-order valence-electron chi connectivity index (χ2n) is 7.73. The van der Waals surface area contributed by atoms with E-state index in [0.29, 0.717) is 32.0 Å². The number of imidazole rings is 1. The Morgan fingerprint density at radius 1 is 0.829 bits per heavy atom. The summed E-state index contributed by atoms with van der Waals surface area (Å²) in [5.41, 5.74) is 1.59. The molecule has 5 rings (SSSR count). The highest BCUT2D eigenvalue weighted by Crippen LogP contribution is 2.31. The maximum absolute atomic E-state index is 13.9. The van der Waals surface area contributed by atoms with Gasteiger partial charge in [0.2, 0.25) is 0 Å². The van der Waals surface area contributed by atoms with Crippen LogP contribution in [0.4, 0.5) is 0 Å². The van der Waals surface area contributed by atoms with E-state index in [9.17, 15) is 13.2 Å². The third-order valence-electron chi connectivity index (χ3n) is 5.38. The summed E-state index contributed by atoms with van der Waals surface area (Å²) in [6.45, 7) is 0. The molecule has 0 atom stereocenters. The van der Waals surface area contributed by atoms with Gasteiger partial charge in [-0.3, -0.25) is 13.9 Å². The molecule has 0 unspecified atom stereocenters. The van der Waals surface area contributed by atoms with Crippen molar-refractivity contribution in [1.82, 2.24) is 19.1 Å². The fourth-order valence-corrected chi connectivity index (χ4v) is 4.95. The van der Waals surface area contributed by atoms with Crippen LogP contribution in [0.3, 0.4) is 0 Å². The van der Waals surface area contributed by atoms with E-state index in [2.05, 4.69) is 9.97 Å². The van der Waals surface area contributed by atoms with E-state index in [1.807, 2.05) is 0 Å². The summed E-state index contributed by atoms with van der Waals surface area (Å²) < 4.78 is 26.7.